The number of carbonyl (C=O) groups excluding carboxylic acids is 1. The van der Waals surface area contributed by atoms with Gasteiger partial charge in [0.25, 0.3) is 5.56 Å². The predicted molar refractivity (Wildman–Crippen MR) is 146 cm³/mol. The van der Waals surface area contributed by atoms with E-state index in [2.05, 4.69) is 5.32 Å². The third kappa shape index (κ3) is 5.50. The van der Waals surface area contributed by atoms with E-state index in [0.717, 1.165) is 40.8 Å². The quantitative estimate of drug-likeness (QED) is 0.392. The fraction of sp³-hybridized carbons (Fsp3) is 0.300. The molecule has 1 aromatic heterocycles. The largest absolute Gasteiger partial charge is 0.494 e. The number of nitrogens with zero attached hydrogens (tertiary/aromatic N) is 3. The van der Waals surface area contributed by atoms with E-state index >= 15 is 0 Å². The Morgan fingerprint density at radius 3 is 2.62 bits per heavy atom. The molecule has 37 heavy (non-hydrogen) atoms. The Bertz CT molecular complexity index is 1430. The standard InChI is InChI=1S/C30H32N4O3/c1-2-37-27-17-9-6-13-23(27)19-31-29(35)24-14-10-18-33(21-24)28-30(36)34(20-22-11-4-3-5-12-22)26-16-8-7-15-25(26)32-28/h3-9,11-13,15-17,24H,2,10,14,18-21H2,1H3,(H,31,35)/t24-/m0/s1. The van der Waals surface area contributed by atoms with Crippen molar-refractivity contribution in [2.45, 2.75) is 32.9 Å². The minimum atomic E-state index is -0.219. The van der Waals surface area contributed by atoms with Crippen LogP contribution in [0.15, 0.2) is 83.7 Å². The molecular formula is C30H32N4O3. The van der Waals surface area contributed by atoms with Gasteiger partial charge in [-0.2, -0.15) is 0 Å². The van der Waals surface area contributed by atoms with E-state index in [9.17, 15) is 9.59 Å². The zero-order valence-corrected chi connectivity index (χ0v) is 21.1. The third-order valence-electron chi connectivity index (χ3n) is 6.84. The second-order valence-electron chi connectivity index (χ2n) is 9.34. The van der Waals surface area contributed by atoms with Crippen molar-refractivity contribution in [2.75, 3.05) is 24.6 Å². The van der Waals surface area contributed by atoms with Crippen LogP contribution in [0.25, 0.3) is 11.0 Å². The highest BCUT2D eigenvalue weighted by Gasteiger charge is 2.28. The Kier molecular flexibility index (Phi) is 7.49. The molecule has 1 aliphatic heterocycles. The number of fused-ring (bicyclic) bond motifs is 1. The normalized spacial score (nSPS) is 15.5. The van der Waals surface area contributed by atoms with Crippen molar-refractivity contribution in [3.05, 3.63) is 100 Å². The molecule has 1 fully saturated rings. The fourth-order valence-electron chi connectivity index (χ4n) is 4.96. The van der Waals surface area contributed by atoms with Gasteiger partial charge < -0.3 is 15.0 Å². The predicted octanol–water partition coefficient (Wildman–Crippen LogP) is 4.38. The summed E-state index contributed by atoms with van der Waals surface area (Å²) in [7, 11) is 0. The number of hydrogen-bond acceptors (Lipinski definition) is 5. The summed E-state index contributed by atoms with van der Waals surface area (Å²) in [6.45, 7) is 4.55. The van der Waals surface area contributed by atoms with Gasteiger partial charge in [-0.25, -0.2) is 4.98 Å². The number of carbonyl (C=O) groups is 1. The van der Waals surface area contributed by atoms with Gasteiger partial charge in [0.2, 0.25) is 5.91 Å². The Morgan fingerprint density at radius 2 is 1.78 bits per heavy atom. The molecule has 1 N–H and O–H groups in total. The number of piperidine rings is 1. The Morgan fingerprint density at radius 1 is 1.03 bits per heavy atom. The molecule has 5 rings (SSSR count). The Hall–Kier alpha value is -4.13. The van der Waals surface area contributed by atoms with Crippen LogP contribution >= 0.6 is 0 Å². The van der Waals surface area contributed by atoms with Gasteiger partial charge in [-0.05, 0) is 43.5 Å². The summed E-state index contributed by atoms with van der Waals surface area (Å²) >= 11 is 0. The Balaban J connectivity index is 1.36. The molecule has 3 aromatic carbocycles. The van der Waals surface area contributed by atoms with Crippen LogP contribution < -0.4 is 20.5 Å². The van der Waals surface area contributed by atoms with Crippen LogP contribution in [-0.2, 0) is 17.9 Å². The fourth-order valence-corrected chi connectivity index (χ4v) is 4.96. The third-order valence-corrected chi connectivity index (χ3v) is 6.84. The highest BCUT2D eigenvalue weighted by atomic mass is 16.5. The summed E-state index contributed by atoms with van der Waals surface area (Å²) in [5.41, 5.74) is 3.45. The molecule has 0 unspecified atom stereocenters. The smallest absolute Gasteiger partial charge is 0.294 e. The molecule has 190 valence electrons. The van der Waals surface area contributed by atoms with E-state index in [0.29, 0.717) is 38.6 Å². The summed E-state index contributed by atoms with van der Waals surface area (Å²) in [5, 5.41) is 3.08. The number of rotatable bonds is 8. The van der Waals surface area contributed by atoms with Crippen LogP contribution in [-0.4, -0.2) is 35.2 Å². The molecule has 7 nitrogen and oxygen atoms in total. The van der Waals surface area contributed by atoms with E-state index in [1.807, 2.05) is 90.7 Å². The van der Waals surface area contributed by atoms with Crippen LogP contribution in [0.4, 0.5) is 5.82 Å². The van der Waals surface area contributed by atoms with Gasteiger partial charge in [0, 0.05) is 25.2 Å². The number of nitrogens with one attached hydrogen (secondary N) is 1. The van der Waals surface area contributed by atoms with Gasteiger partial charge in [0.1, 0.15) is 5.75 Å². The molecule has 0 radical (unpaired) electrons. The number of anilines is 1. The van der Waals surface area contributed by atoms with Crippen LogP contribution in [0, 0.1) is 5.92 Å². The maximum atomic E-state index is 13.7. The minimum absolute atomic E-state index is 0.0126. The summed E-state index contributed by atoms with van der Waals surface area (Å²) in [6.07, 6.45) is 1.60. The monoisotopic (exact) mass is 496 g/mol. The molecule has 1 saturated heterocycles. The van der Waals surface area contributed by atoms with Gasteiger partial charge in [-0.1, -0.05) is 60.7 Å². The summed E-state index contributed by atoms with van der Waals surface area (Å²) in [6, 6.07) is 25.4. The number of amides is 1. The van der Waals surface area contributed by atoms with Crippen molar-refractivity contribution >= 4 is 22.8 Å². The van der Waals surface area contributed by atoms with Gasteiger partial charge in [0.15, 0.2) is 5.82 Å². The average molecular weight is 497 g/mol. The van der Waals surface area contributed by atoms with Crippen LogP contribution in [0.3, 0.4) is 0 Å². The van der Waals surface area contributed by atoms with E-state index in [1.165, 1.54) is 0 Å². The molecule has 0 saturated carbocycles. The Labute approximate surface area is 216 Å². The first-order valence-electron chi connectivity index (χ1n) is 12.9. The van der Waals surface area contributed by atoms with Crippen molar-refractivity contribution < 1.29 is 9.53 Å². The topological polar surface area (TPSA) is 76.5 Å². The number of benzene rings is 3. The van der Waals surface area contributed by atoms with Crippen LogP contribution in [0.1, 0.15) is 30.9 Å². The molecule has 2 heterocycles. The van der Waals surface area contributed by atoms with Crippen LogP contribution in [0.2, 0.25) is 0 Å². The van der Waals surface area contributed by atoms with E-state index in [-0.39, 0.29) is 17.4 Å². The van der Waals surface area contributed by atoms with Gasteiger partial charge in [0.05, 0.1) is 30.1 Å². The van der Waals surface area contributed by atoms with Gasteiger partial charge >= 0.3 is 0 Å². The lowest BCUT2D eigenvalue weighted by Gasteiger charge is -2.33. The lowest BCUT2D eigenvalue weighted by atomic mass is 9.97. The molecule has 0 bridgehead atoms. The number of aromatic nitrogens is 2. The molecule has 0 spiro atoms. The first kappa shape index (κ1) is 24.6. The second kappa shape index (κ2) is 11.3. The first-order chi connectivity index (χ1) is 18.1. The highest BCUT2D eigenvalue weighted by molar-refractivity contribution is 5.80. The number of ether oxygens (including phenoxy) is 1. The van der Waals surface area contributed by atoms with E-state index < -0.39 is 0 Å². The maximum absolute atomic E-state index is 13.7. The second-order valence-corrected chi connectivity index (χ2v) is 9.34. The molecule has 1 atom stereocenters. The van der Waals surface area contributed by atoms with Crippen molar-refractivity contribution in [2.24, 2.45) is 5.92 Å². The summed E-state index contributed by atoms with van der Waals surface area (Å²) in [4.78, 5) is 33.6. The van der Waals surface area contributed by atoms with Gasteiger partial charge in [-0.15, -0.1) is 0 Å². The van der Waals surface area contributed by atoms with E-state index in [4.69, 9.17) is 9.72 Å². The molecule has 1 aliphatic rings. The molecule has 4 aromatic rings. The summed E-state index contributed by atoms with van der Waals surface area (Å²) < 4.78 is 7.48. The number of hydrogen-bond donors (Lipinski definition) is 1. The minimum Gasteiger partial charge on any atom is -0.494 e. The van der Waals surface area contributed by atoms with Crippen molar-refractivity contribution in [3.63, 3.8) is 0 Å². The van der Waals surface area contributed by atoms with Crippen molar-refractivity contribution in [1.29, 1.82) is 0 Å². The maximum Gasteiger partial charge on any atom is 0.294 e. The van der Waals surface area contributed by atoms with Crippen molar-refractivity contribution in [3.8, 4) is 5.75 Å². The first-order valence-corrected chi connectivity index (χ1v) is 12.9. The van der Waals surface area contributed by atoms with E-state index in [1.54, 1.807) is 4.57 Å². The van der Waals surface area contributed by atoms with Crippen LogP contribution in [0.5, 0.6) is 5.75 Å². The molecular weight excluding hydrogens is 464 g/mol. The molecule has 7 heteroatoms. The SMILES string of the molecule is CCOc1ccccc1CNC(=O)[C@H]1CCCN(c2nc3ccccc3n(Cc3ccccc3)c2=O)C1. The number of para-hydroxylation sites is 3. The average Bonchev–Trinajstić information content (AvgIpc) is 2.94. The zero-order chi connectivity index (χ0) is 25.6. The van der Waals surface area contributed by atoms with Crippen molar-refractivity contribution in [1.82, 2.24) is 14.9 Å². The molecule has 1 amide bonds. The van der Waals surface area contributed by atoms with Gasteiger partial charge in [-0.3, -0.25) is 14.2 Å². The lowest BCUT2D eigenvalue weighted by molar-refractivity contribution is -0.125. The highest BCUT2D eigenvalue weighted by Crippen LogP contribution is 2.23. The molecule has 0 aliphatic carbocycles. The lowest BCUT2D eigenvalue weighted by Crippen LogP contribution is -2.45. The summed E-state index contributed by atoms with van der Waals surface area (Å²) in [5.74, 6) is 0.966. The zero-order valence-electron chi connectivity index (χ0n) is 21.1.